The van der Waals surface area contributed by atoms with Gasteiger partial charge in [-0.2, -0.15) is 0 Å². The first kappa shape index (κ1) is 13.9. The highest BCUT2D eigenvalue weighted by atomic mass is 19.1. The van der Waals surface area contributed by atoms with E-state index in [9.17, 15) is 18.0 Å². The van der Waals surface area contributed by atoms with Crippen molar-refractivity contribution in [2.75, 3.05) is 11.1 Å². The van der Waals surface area contributed by atoms with Gasteiger partial charge in [0.15, 0.2) is 0 Å². The Morgan fingerprint density at radius 2 is 1.75 bits per heavy atom. The van der Waals surface area contributed by atoms with E-state index in [4.69, 9.17) is 5.73 Å². The van der Waals surface area contributed by atoms with Gasteiger partial charge in [-0.15, -0.1) is 0 Å². The standard InChI is InChI=1S/C14H11F3N2O/c1-7-4-8(2-3-10(7)15)19-14(20)9-5-13(18)12(17)6-11(9)16/h2-6H,18H2,1H3,(H,19,20). The van der Waals surface area contributed by atoms with Crippen molar-refractivity contribution in [3.05, 3.63) is 58.9 Å². The van der Waals surface area contributed by atoms with E-state index in [0.29, 0.717) is 17.3 Å². The van der Waals surface area contributed by atoms with Gasteiger partial charge in [0.2, 0.25) is 0 Å². The average molecular weight is 280 g/mol. The zero-order chi connectivity index (χ0) is 14.9. The fraction of sp³-hybridized carbons (Fsp3) is 0.0714. The van der Waals surface area contributed by atoms with Crippen LogP contribution in [0.3, 0.4) is 0 Å². The topological polar surface area (TPSA) is 55.1 Å². The van der Waals surface area contributed by atoms with Crippen LogP contribution in [0.2, 0.25) is 0 Å². The minimum atomic E-state index is -1.02. The van der Waals surface area contributed by atoms with Gasteiger partial charge in [-0.1, -0.05) is 0 Å². The number of carbonyl (C=O) groups excluding carboxylic acids is 1. The van der Waals surface area contributed by atoms with E-state index < -0.39 is 23.4 Å². The van der Waals surface area contributed by atoms with Gasteiger partial charge in [0.05, 0.1) is 11.3 Å². The Morgan fingerprint density at radius 1 is 1.05 bits per heavy atom. The smallest absolute Gasteiger partial charge is 0.258 e. The van der Waals surface area contributed by atoms with Crippen molar-refractivity contribution in [1.29, 1.82) is 0 Å². The third-order valence-electron chi connectivity index (χ3n) is 2.75. The number of anilines is 2. The Bertz CT molecular complexity index is 686. The van der Waals surface area contributed by atoms with Gasteiger partial charge in [-0.3, -0.25) is 4.79 Å². The predicted octanol–water partition coefficient (Wildman–Crippen LogP) is 3.25. The summed E-state index contributed by atoms with van der Waals surface area (Å²) in [5, 5.41) is 2.39. The Labute approximate surface area is 113 Å². The molecule has 0 atom stereocenters. The molecule has 0 unspecified atom stereocenters. The summed E-state index contributed by atoms with van der Waals surface area (Å²) in [4.78, 5) is 11.9. The van der Waals surface area contributed by atoms with Crippen molar-refractivity contribution >= 4 is 17.3 Å². The van der Waals surface area contributed by atoms with Gasteiger partial charge < -0.3 is 11.1 Å². The van der Waals surface area contributed by atoms with Crippen LogP contribution in [0.15, 0.2) is 30.3 Å². The number of nitrogens with one attached hydrogen (secondary N) is 1. The number of halogens is 3. The molecule has 2 aromatic rings. The second kappa shape index (κ2) is 5.24. The van der Waals surface area contributed by atoms with E-state index >= 15 is 0 Å². The van der Waals surface area contributed by atoms with Crippen molar-refractivity contribution in [3.8, 4) is 0 Å². The molecule has 0 heterocycles. The first-order valence-electron chi connectivity index (χ1n) is 5.70. The molecule has 0 spiro atoms. The monoisotopic (exact) mass is 280 g/mol. The SMILES string of the molecule is Cc1cc(NC(=O)c2cc(N)c(F)cc2F)ccc1F. The summed E-state index contributed by atoms with van der Waals surface area (Å²) in [5.74, 6) is -3.16. The number of hydrogen-bond donors (Lipinski definition) is 2. The Morgan fingerprint density at radius 3 is 2.40 bits per heavy atom. The summed E-state index contributed by atoms with van der Waals surface area (Å²) < 4.78 is 39.6. The number of amides is 1. The summed E-state index contributed by atoms with van der Waals surface area (Å²) in [6.45, 7) is 1.53. The molecule has 0 saturated heterocycles. The third kappa shape index (κ3) is 2.74. The van der Waals surface area contributed by atoms with Crippen molar-refractivity contribution < 1.29 is 18.0 Å². The second-order valence-electron chi connectivity index (χ2n) is 4.27. The van der Waals surface area contributed by atoms with Crippen molar-refractivity contribution in [2.45, 2.75) is 6.92 Å². The van der Waals surface area contributed by atoms with Crippen molar-refractivity contribution in [2.24, 2.45) is 0 Å². The fourth-order valence-electron chi connectivity index (χ4n) is 1.66. The summed E-state index contributed by atoms with van der Waals surface area (Å²) in [7, 11) is 0. The molecule has 0 saturated carbocycles. The van der Waals surface area contributed by atoms with Gasteiger partial charge in [-0.05, 0) is 36.8 Å². The van der Waals surface area contributed by atoms with E-state index in [1.807, 2.05) is 0 Å². The molecule has 3 nitrogen and oxygen atoms in total. The minimum absolute atomic E-state index is 0.302. The highest BCUT2D eigenvalue weighted by Gasteiger charge is 2.15. The van der Waals surface area contributed by atoms with Crippen LogP contribution >= 0.6 is 0 Å². The van der Waals surface area contributed by atoms with E-state index in [1.165, 1.54) is 25.1 Å². The van der Waals surface area contributed by atoms with E-state index in [1.54, 1.807) is 0 Å². The third-order valence-corrected chi connectivity index (χ3v) is 2.75. The zero-order valence-corrected chi connectivity index (χ0v) is 10.5. The molecule has 0 radical (unpaired) electrons. The van der Waals surface area contributed by atoms with E-state index in [2.05, 4.69) is 5.32 Å². The van der Waals surface area contributed by atoms with Crippen LogP contribution in [-0.4, -0.2) is 5.91 Å². The second-order valence-corrected chi connectivity index (χ2v) is 4.27. The summed E-state index contributed by atoms with van der Waals surface area (Å²) in [6.07, 6.45) is 0. The summed E-state index contributed by atoms with van der Waals surface area (Å²) in [5.41, 5.74) is 5.22. The lowest BCUT2D eigenvalue weighted by Crippen LogP contribution is -2.15. The average Bonchev–Trinajstić information content (AvgIpc) is 2.38. The number of nitrogen functional groups attached to an aromatic ring is 1. The van der Waals surface area contributed by atoms with Gasteiger partial charge in [-0.25, -0.2) is 13.2 Å². The molecule has 6 heteroatoms. The first-order valence-corrected chi connectivity index (χ1v) is 5.70. The maximum absolute atomic E-state index is 13.5. The van der Waals surface area contributed by atoms with Crippen LogP contribution in [0.4, 0.5) is 24.5 Å². The number of aryl methyl sites for hydroxylation is 1. The van der Waals surface area contributed by atoms with Crippen LogP contribution in [-0.2, 0) is 0 Å². The molecular weight excluding hydrogens is 269 g/mol. The van der Waals surface area contributed by atoms with Crippen molar-refractivity contribution in [3.63, 3.8) is 0 Å². The highest BCUT2D eigenvalue weighted by molar-refractivity contribution is 6.05. The molecule has 104 valence electrons. The normalized spacial score (nSPS) is 10.4. The summed E-state index contributed by atoms with van der Waals surface area (Å²) in [6, 6.07) is 5.37. The predicted molar refractivity (Wildman–Crippen MR) is 69.9 cm³/mol. The van der Waals surface area contributed by atoms with Crippen LogP contribution in [0, 0.1) is 24.4 Å². The quantitative estimate of drug-likeness (QED) is 0.830. The lowest BCUT2D eigenvalue weighted by molar-refractivity contribution is 0.102. The molecule has 0 bridgehead atoms. The number of nitrogens with two attached hydrogens (primary N) is 1. The first-order chi connectivity index (χ1) is 9.38. The van der Waals surface area contributed by atoms with E-state index in [-0.39, 0.29) is 11.3 Å². The molecule has 2 rings (SSSR count). The van der Waals surface area contributed by atoms with Crippen LogP contribution < -0.4 is 11.1 Å². The Kier molecular flexibility index (Phi) is 3.65. The molecule has 0 aliphatic carbocycles. The largest absolute Gasteiger partial charge is 0.396 e. The molecule has 0 aromatic heterocycles. The van der Waals surface area contributed by atoms with Gasteiger partial charge in [0, 0.05) is 11.8 Å². The molecule has 20 heavy (non-hydrogen) atoms. The maximum Gasteiger partial charge on any atom is 0.258 e. The molecule has 3 N–H and O–H groups in total. The molecule has 0 aliphatic rings. The van der Waals surface area contributed by atoms with E-state index in [0.717, 1.165) is 6.07 Å². The van der Waals surface area contributed by atoms with Gasteiger partial charge in [0.25, 0.3) is 5.91 Å². The maximum atomic E-state index is 13.5. The molecule has 0 fully saturated rings. The zero-order valence-electron chi connectivity index (χ0n) is 10.5. The Balaban J connectivity index is 2.28. The molecular formula is C14H11F3N2O. The summed E-state index contributed by atoms with van der Waals surface area (Å²) >= 11 is 0. The highest BCUT2D eigenvalue weighted by Crippen LogP contribution is 2.19. The number of carbonyl (C=O) groups is 1. The minimum Gasteiger partial charge on any atom is -0.396 e. The molecule has 2 aromatic carbocycles. The van der Waals surface area contributed by atoms with Crippen LogP contribution in [0.1, 0.15) is 15.9 Å². The molecule has 0 aliphatic heterocycles. The molecule has 1 amide bonds. The number of rotatable bonds is 2. The lowest BCUT2D eigenvalue weighted by atomic mass is 10.1. The van der Waals surface area contributed by atoms with Gasteiger partial charge in [0.1, 0.15) is 17.5 Å². The van der Waals surface area contributed by atoms with Gasteiger partial charge >= 0.3 is 0 Å². The van der Waals surface area contributed by atoms with Crippen molar-refractivity contribution in [1.82, 2.24) is 0 Å². The fourth-order valence-corrected chi connectivity index (χ4v) is 1.66. The van der Waals surface area contributed by atoms with Crippen LogP contribution in [0.5, 0.6) is 0 Å². The lowest BCUT2D eigenvalue weighted by Gasteiger charge is -2.08. The number of hydrogen-bond acceptors (Lipinski definition) is 2. The van der Waals surface area contributed by atoms with Crippen LogP contribution in [0.25, 0.3) is 0 Å². The Hall–Kier alpha value is -2.50. The number of benzene rings is 2.